The highest BCUT2D eigenvalue weighted by molar-refractivity contribution is 7.26. The maximum atomic E-state index is 6.71. The van der Waals surface area contributed by atoms with Crippen LogP contribution in [0.25, 0.3) is 58.9 Å². The van der Waals surface area contributed by atoms with Crippen LogP contribution in [0, 0.1) is 0 Å². The summed E-state index contributed by atoms with van der Waals surface area (Å²) in [7, 11) is 2.06. The molecule has 6 aromatic carbocycles. The summed E-state index contributed by atoms with van der Waals surface area (Å²) in [5.74, 6) is 0. The Morgan fingerprint density at radius 2 is 1.35 bits per heavy atom. The van der Waals surface area contributed by atoms with Crippen LogP contribution in [-0.2, 0) is 0 Å². The molecule has 4 heteroatoms. The fraction of sp³-hybridized carbons (Fsp3) is 0.0714. The van der Waals surface area contributed by atoms with Crippen LogP contribution < -0.4 is 0 Å². The standard InChI is InChI=1S/C42H32N2OS/c1-27(43-42(30-16-8-5-9-17-30)44(3)28(2)29-14-6-4-7-15-29)31-24-25-32-34-19-12-20-35(40(34)45-38(32)26-31)37-22-13-21-36-33-18-10-11-23-39(33)46-41(36)37/h4-26,42H,2H2,1,3H3/b43-27+. The third-order valence-electron chi connectivity index (χ3n) is 8.92. The molecule has 0 aliphatic rings. The van der Waals surface area contributed by atoms with E-state index in [0.29, 0.717) is 0 Å². The van der Waals surface area contributed by atoms with Crippen molar-refractivity contribution in [3.63, 3.8) is 0 Å². The molecule has 0 spiro atoms. The second-order valence-corrected chi connectivity index (χ2v) is 12.8. The maximum Gasteiger partial charge on any atom is 0.147 e. The van der Waals surface area contributed by atoms with Crippen LogP contribution >= 0.6 is 11.3 Å². The molecule has 0 fully saturated rings. The number of rotatable bonds is 7. The number of hydrogen-bond donors (Lipinski definition) is 0. The van der Waals surface area contributed by atoms with E-state index in [0.717, 1.165) is 55.6 Å². The van der Waals surface area contributed by atoms with E-state index in [1.165, 1.54) is 25.7 Å². The van der Waals surface area contributed by atoms with Gasteiger partial charge in [0.05, 0.1) is 0 Å². The van der Waals surface area contributed by atoms with Crippen molar-refractivity contribution in [3.05, 3.63) is 163 Å². The van der Waals surface area contributed by atoms with Crippen molar-refractivity contribution in [1.82, 2.24) is 4.90 Å². The van der Waals surface area contributed by atoms with Gasteiger partial charge in [-0.25, -0.2) is 0 Å². The number of aliphatic imine (C=N–C) groups is 1. The lowest BCUT2D eigenvalue weighted by atomic mass is 10.00. The van der Waals surface area contributed by atoms with Crippen LogP contribution in [0.3, 0.4) is 0 Å². The number of fused-ring (bicyclic) bond motifs is 6. The quantitative estimate of drug-likeness (QED) is 0.168. The smallest absolute Gasteiger partial charge is 0.147 e. The first-order chi connectivity index (χ1) is 22.6. The van der Waals surface area contributed by atoms with Crippen LogP contribution in [0.1, 0.15) is 29.8 Å². The molecule has 0 radical (unpaired) electrons. The number of para-hydroxylation sites is 1. The van der Waals surface area contributed by atoms with E-state index in [2.05, 4.69) is 141 Å². The Balaban J connectivity index is 1.21. The van der Waals surface area contributed by atoms with Gasteiger partial charge in [-0.2, -0.15) is 0 Å². The van der Waals surface area contributed by atoms with Crippen molar-refractivity contribution in [2.24, 2.45) is 4.99 Å². The first-order valence-electron chi connectivity index (χ1n) is 15.5. The van der Waals surface area contributed by atoms with Gasteiger partial charge in [0.2, 0.25) is 0 Å². The molecule has 0 aliphatic heterocycles. The molecule has 3 nitrogen and oxygen atoms in total. The molecule has 0 aliphatic carbocycles. The van der Waals surface area contributed by atoms with E-state index < -0.39 is 0 Å². The second kappa shape index (κ2) is 11.5. The topological polar surface area (TPSA) is 28.7 Å². The lowest BCUT2D eigenvalue weighted by Crippen LogP contribution is -2.22. The van der Waals surface area contributed by atoms with Gasteiger partial charge >= 0.3 is 0 Å². The molecule has 1 atom stereocenters. The van der Waals surface area contributed by atoms with Crippen LogP contribution in [0.15, 0.2) is 156 Å². The molecule has 0 amide bonds. The van der Waals surface area contributed by atoms with Crippen molar-refractivity contribution in [1.29, 1.82) is 0 Å². The fourth-order valence-electron chi connectivity index (χ4n) is 6.44. The van der Waals surface area contributed by atoms with Crippen LogP contribution in [0.2, 0.25) is 0 Å². The van der Waals surface area contributed by atoms with Crippen molar-refractivity contribution < 1.29 is 4.42 Å². The van der Waals surface area contributed by atoms with Gasteiger partial charge in [-0.3, -0.25) is 4.99 Å². The lowest BCUT2D eigenvalue weighted by molar-refractivity contribution is 0.369. The van der Waals surface area contributed by atoms with E-state index in [1.807, 2.05) is 35.6 Å². The average Bonchev–Trinajstić information content (AvgIpc) is 3.69. The van der Waals surface area contributed by atoms with Crippen molar-refractivity contribution in [3.8, 4) is 11.1 Å². The van der Waals surface area contributed by atoms with E-state index in [-0.39, 0.29) is 6.17 Å². The zero-order chi connectivity index (χ0) is 31.2. The van der Waals surface area contributed by atoms with Crippen LogP contribution in [0.4, 0.5) is 0 Å². The summed E-state index contributed by atoms with van der Waals surface area (Å²) in [6, 6.07) is 48.8. The molecule has 0 saturated heterocycles. The molecule has 222 valence electrons. The third-order valence-corrected chi connectivity index (χ3v) is 10.1. The summed E-state index contributed by atoms with van der Waals surface area (Å²) in [4.78, 5) is 7.43. The Morgan fingerprint density at radius 1 is 0.674 bits per heavy atom. The summed E-state index contributed by atoms with van der Waals surface area (Å²) in [5.41, 5.74) is 9.14. The van der Waals surface area contributed by atoms with E-state index in [1.54, 1.807) is 0 Å². The SMILES string of the molecule is C=C(c1ccccc1)N(C)C(/N=C(\C)c1ccc2c(c1)oc1c(-c3cccc4c3sc3ccccc34)cccc12)c1ccccc1. The highest BCUT2D eigenvalue weighted by Crippen LogP contribution is 2.43. The summed E-state index contributed by atoms with van der Waals surface area (Å²) in [6.07, 6.45) is -0.242. The predicted molar refractivity (Wildman–Crippen MR) is 197 cm³/mol. The number of benzene rings is 6. The molecule has 2 aromatic heterocycles. The van der Waals surface area contributed by atoms with Crippen molar-refractivity contribution in [2.45, 2.75) is 13.1 Å². The first-order valence-corrected chi connectivity index (χ1v) is 16.3. The van der Waals surface area contributed by atoms with Crippen LogP contribution in [0.5, 0.6) is 0 Å². The van der Waals surface area contributed by atoms with Gasteiger partial charge in [-0.1, -0.05) is 128 Å². The Bertz CT molecular complexity index is 2420. The molecule has 8 aromatic rings. The van der Waals surface area contributed by atoms with Gasteiger partial charge in [-0.15, -0.1) is 11.3 Å². The minimum atomic E-state index is -0.242. The molecule has 0 bridgehead atoms. The zero-order valence-corrected chi connectivity index (χ0v) is 26.6. The summed E-state index contributed by atoms with van der Waals surface area (Å²) >= 11 is 1.84. The second-order valence-electron chi connectivity index (χ2n) is 11.7. The van der Waals surface area contributed by atoms with E-state index in [4.69, 9.17) is 9.41 Å². The summed E-state index contributed by atoms with van der Waals surface area (Å²) < 4.78 is 9.29. The third kappa shape index (κ3) is 4.79. The van der Waals surface area contributed by atoms with Crippen LogP contribution in [-0.4, -0.2) is 17.7 Å². The minimum absolute atomic E-state index is 0.242. The molecule has 2 heterocycles. The summed E-state index contributed by atoms with van der Waals surface area (Å²) in [6.45, 7) is 6.50. The van der Waals surface area contributed by atoms with Crippen molar-refractivity contribution in [2.75, 3.05) is 7.05 Å². The molecular formula is C42H32N2OS. The Morgan fingerprint density at radius 3 is 2.15 bits per heavy atom. The normalized spacial score (nSPS) is 12.7. The molecule has 1 unspecified atom stereocenters. The van der Waals surface area contributed by atoms with Gasteiger partial charge in [0.25, 0.3) is 0 Å². The monoisotopic (exact) mass is 612 g/mol. The number of thiophene rings is 1. The average molecular weight is 613 g/mol. The molecular weight excluding hydrogens is 581 g/mol. The Kier molecular flexibility index (Phi) is 7.00. The lowest BCUT2D eigenvalue weighted by Gasteiger charge is -2.30. The van der Waals surface area contributed by atoms with Gasteiger partial charge < -0.3 is 9.32 Å². The van der Waals surface area contributed by atoms with Gasteiger partial charge in [0, 0.05) is 60.5 Å². The molecule has 46 heavy (non-hydrogen) atoms. The molecule has 0 saturated carbocycles. The van der Waals surface area contributed by atoms with Gasteiger partial charge in [0.1, 0.15) is 17.3 Å². The summed E-state index contributed by atoms with van der Waals surface area (Å²) in [5, 5.41) is 4.81. The Labute approximate surface area is 272 Å². The minimum Gasteiger partial charge on any atom is -0.455 e. The van der Waals surface area contributed by atoms with Crippen molar-refractivity contribution >= 4 is 64.9 Å². The molecule has 8 rings (SSSR count). The Hall–Kier alpha value is -5.45. The number of furan rings is 1. The van der Waals surface area contributed by atoms with Gasteiger partial charge in [-0.05, 0) is 41.8 Å². The first kappa shape index (κ1) is 28.1. The maximum absolute atomic E-state index is 6.71. The van der Waals surface area contributed by atoms with Gasteiger partial charge in [0.15, 0.2) is 0 Å². The predicted octanol–water partition coefficient (Wildman–Crippen LogP) is 11.7. The van der Waals surface area contributed by atoms with E-state index >= 15 is 0 Å². The largest absolute Gasteiger partial charge is 0.455 e. The number of nitrogens with zero attached hydrogens (tertiary/aromatic N) is 2. The fourth-order valence-corrected chi connectivity index (χ4v) is 7.67. The highest BCUT2D eigenvalue weighted by atomic mass is 32.1. The number of hydrogen-bond acceptors (Lipinski definition) is 4. The van der Waals surface area contributed by atoms with E-state index in [9.17, 15) is 0 Å². The molecule has 0 N–H and O–H groups in total. The highest BCUT2D eigenvalue weighted by Gasteiger charge is 2.20. The zero-order valence-electron chi connectivity index (χ0n) is 25.8.